The lowest BCUT2D eigenvalue weighted by molar-refractivity contribution is -0.120. The van der Waals surface area contributed by atoms with Gasteiger partial charge in [-0.1, -0.05) is 0 Å². The number of nitrogens with two attached hydrogens (primary N) is 1. The zero-order valence-corrected chi connectivity index (χ0v) is 10.2. The number of amides is 2. The predicted octanol–water partition coefficient (Wildman–Crippen LogP) is 0.785. The van der Waals surface area contributed by atoms with E-state index in [1.54, 1.807) is 11.4 Å². The van der Waals surface area contributed by atoms with Crippen molar-refractivity contribution in [2.45, 2.75) is 12.8 Å². The Hall–Kier alpha value is -1.40. The van der Waals surface area contributed by atoms with E-state index in [1.807, 2.05) is 0 Å². The first kappa shape index (κ1) is 12.1. The molecule has 0 unspecified atom stereocenters. The van der Waals surface area contributed by atoms with Gasteiger partial charge >= 0.3 is 0 Å². The molecule has 0 saturated carbocycles. The number of piperidine rings is 1. The van der Waals surface area contributed by atoms with E-state index in [0.717, 1.165) is 19.4 Å². The fourth-order valence-corrected chi connectivity index (χ4v) is 2.68. The second-order valence-corrected chi connectivity index (χ2v) is 4.98. The minimum absolute atomic E-state index is 0.0217. The van der Waals surface area contributed by atoms with Crippen LogP contribution in [0.25, 0.3) is 0 Å². The molecule has 1 aromatic rings. The maximum absolute atomic E-state index is 11.9. The summed E-state index contributed by atoms with van der Waals surface area (Å²) in [6, 6.07) is 1.63. The van der Waals surface area contributed by atoms with Gasteiger partial charge in [-0.2, -0.15) is 0 Å². The highest BCUT2D eigenvalue weighted by atomic mass is 32.1. The Morgan fingerprint density at radius 1 is 1.53 bits per heavy atom. The van der Waals surface area contributed by atoms with Crippen LogP contribution in [-0.2, 0) is 4.79 Å². The SMILES string of the molecule is NC(=O)c1ccsc1NC(=O)[C@H]1CCCNC1. The summed E-state index contributed by atoms with van der Waals surface area (Å²) in [6.07, 6.45) is 1.89. The highest BCUT2D eigenvalue weighted by Crippen LogP contribution is 2.24. The normalized spacial score (nSPS) is 19.9. The Morgan fingerprint density at radius 3 is 3.00 bits per heavy atom. The van der Waals surface area contributed by atoms with Crippen molar-refractivity contribution >= 4 is 28.2 Å². The van der Waals surface area contributed by atoms with Crippen LogP contribution in [0.2, 0.25) is 0 Å². The molecule has 1 aliphatic rings. The summed E-state index contributed by atoms with van der Waals surface area (Å²) in [4.78, 5) is 23.0. The van der Waals surface area contributed by atoms with Crippen molar-refractivity contribution in [1.29, 1.82) is 0 Å². The molecule has 0 spiro atoms. The number of primary amides is 1. The van der Waals surface area contributed by atoms with Crippen molar-refractivity contribution in [3.8, 4) is 0 Å². The van der Waals surface area contributed by atoms with Crippen molar-refractivity contribution in [2.75, 3.05) is 18.4 Å². The largest absolute Gasteiger partial charge is 0.366 e. The molecular formula is C11H15N3O2S. The second kappa shape index (κ2) is 5.29. The van der Waals surface area contributed by atoms with E-state index < -0.39 is 5.91 Å². The predicted molar refractivity (Wildman–Crippen MR) is 67.1 cm³/mol. The molecule has 92 valence electrons. The average Bonchev–Trinajstić information content (AvgIpc) is 2.78. The summed E-state index contributed by atoms with van der Waals surface area (Å²) >= 11 is 1.32. The molecule has 1 aliphatic heterocycles. The third-order valence-corrected chi connectivity index (χ3v) is 3.66. The second-order valence-electron chi connectivity index (χ2n) is 4.06. The monoisotopic (exact) mass is 253 g/mol. The van der Waals surface area contributed by atoms with Gasteiger partial charge in [-0.05, 0) is 30.8 Å². The molecule has 2 rings (SSSR count). The van der Waals surface area contributed by atoms with Crippen LogP contribution in [0.15, 0.2) is 11.4 Å². The van der Waals surface area contributed by atoms with Gasteiger partial charge in [0.2, 0.25) is 5.91 Å². The molecule has 6 heteroatoms. The summed E-state index contributed by atoms with van der Waals surface area (Å²) in [5.41, 5.74) is 5.60. The van der Waals surface area contributed by atoms with Crippen LogP contribution in [-0.4, -0.2) is 24.9 Å². The Labute approximate surface area is 103 Å². The van der Waals surface area contributed by atoms with E-state index in [0.29, 0.717) is 17.1 Å². The van der Waals surface area contributed by atoms with Crippen LogP contribution in [0.5, 0.6) is 0 Å². The first-order valence-electron chi connectivity index (χ1n) is 5.57. The molecule has 0 aliphatic carbocycles. The van der Waals surface area contributed by atoms with Gasteiger partial charge in [0.15, 0.2) is 0 Å². The molecule has 0 bridgehead atoms. The summed E-state index contributed by atoms with van der Waals surface area (Å²) in [6.45, 7) is 1.67. The number of nitrogens with one attached hydrogen (secondary N) is 2. The van der Waals surface area contributed by atoms with Gasteiger partial charge in [0.1, 0.15) is 5.00 Å². The molecule has 1 atom stereocenters. The van der Waals surface area contributed by atoms with Gasteiger partial charge in [-0.25, -0.2) is 0 Å². The van der Waals surface area contributed by atoms with Gasteiger partial charge in [-0.3, -0.25) is 9.59 Å². The lowest BCUT2D eigenvalue weighted by Crippen LogP contribution is -2.37. The quantitative estimate of drug-likeness (QED) is 0.744. The van der Waals surface area contributed by atoms with Crippen molar-refractivity contribution in [2.24, 2.45) is 11.7 Å². The molecular weight excluding hydrogens is 238 g/mol. The fraction of sp³-hybridized carbons (Fsp3) is 0.455. The van der Waals surface area contributed by atoms with Gasteiger partial charge < -0.3 is 16.4 Å². The van der Waals surface area contributed by atoms with E-state index in [4.69, 9.17) is 5.73 Å². The molecule has 0 radical (unpaired) electrons. The summed E-state index contributed by atoms with van der Waals surface area (Å²) in [7, 11) is 0. The third kappa shape index (κ3) is 2.83. The van der Waals surface area contributed by atoms with Crippen LogP contribution < -0.4 is 16.4 Å². The number of hydrogen-bond donors (Lipinski definition) is 3. The first-order valence-corrected chi connectivity index (χ1v) is 6.45. The van der Waals surface area contributed by atoms with Gasteiger partial charge in [0.05, 0.1) is 11.5 Å². The number of rotatable bonds is 3. The zero-order valence-electron chi connectivity index (χ0n) is 9.36. The summed E-state index contributed by atoms with van der Waals surface area (Å²) in [5, 5.41) is 8.26. The van der Waals surface area contributed by atoms with Gasteiger partial charge in [0, 0.05) is 6.54 Å². The number of anilines is 1. The molecule has 2 heterocycles. The highest BCUT2D eigenvalue weighted by Gasteiger charge is 2.22. The number of hydrogen-bond acceptors (Lipinski definition) is 4. The zero-order chi connectivity index (χ0) is 12.3. The van der Waals surface area contributed by atoms with Gasteiger partial charge in [-0.15, -0.1) is 11.3 Å². The maximum atomic E-state index is 11.9. The van der Waals surface area contributed by atoms with Crippen molar-refractivity contribution < 1.29 is 9.59 Å². The topological polar surface area (TPSA) is 84.2 Å². The molecule has 1 saturated heterocycles. The van der Waals surface area contributed by atoms with E-state index in [1.165, 1.54) is 11.3 Å². The van der Waals surface area contributed by atoms with Crippen LogP contribution in [0.4, 0.5) is 5.00 Å². The Kier molecular flexibility index (Phi) is 3.75. The standard InChI is InChI=1S/C11H15N3O2S/c12-9(15)8-3-5-17-11(8)14-10(16)7-2-1-4-13-6-7/h3,5,7,13H,1-2,4,6H2,(H2,12,15)(H,14,16)/t7-/m0/s1. The van der Waals surface area contributed by atoms with Crippen LogP contribution >= 0.6 is 11.3 Å². The molecule has 0 aromatic carbocycles. The Balaban J connectivity index is 2.02. The van der Waals surface area contributed by atoms with Crippen LogP contribution in [0.3, 0.4) is 0 Å². The molecule has 17 heavy (non-hydrogen) atoms. The molecule has 1 aromatic heterocycles. The van der Waals surface area contributed by atoms with E-state index in [2.05, 4.69) is 10.6 Å². The van der Waals surface area contributed by atoms with Crippen LogP contribution in [0, 0.1) is 5.92 Å². The van der Waals surface area contributed by atoms with Crippen molar-refractivity contribution in [1.82, 2.24) is 5.32 Å². The molecule has 2 amide bonds. The number of carbonyl (C=O) groups excluding carboxylic acids is 2. The maximum Gasteiger partial charge on any atom is 0.251 e. The van der Waals surface area contributed by atoms with Crippen molar-refractivity contribution in [3.63, 3.8) is 0 Å². The van der Waals surface area contributed by atoms with Crippen LogP contribution in [0.1, 0.15) is 23.2 Å². The molecule has 1 fully saturated rings. The minimum atomic E-state index is -0.511. The lowest BCUT2D eigenvalue weighted by atomic mass is 9.99. The number of carbonyl (C=O) groups is 2. The molecule has 4 N–H and O–H groups in total. The Bertz CT molecular complexity index is 424. The van der Waals surface area contributed by atoms with E-state index in [-0.39, 0.29) is 11.8 Å². The van der Waals surface area contributed by atoms with E-state index in [9.17, 15) is 9.59 Å². The smallest absolute Gasteiger partial charge is 0.251 e. The minimum Gasteiger partial charge on any atom is -0.366 e. The van der Waals surface area contributed by atoms with Gasteiger partial charge in [0.25, 0.3) is 5.91 Å². The average molecular weight is 253 g/mol. The lowest BCUT2D eigenvalue weighted by Gasteiger charge is -2.21. The fourth-order valence-electron chi connectivity index (χ4n) is 1.89. The third-order valence-electron chi connectivity index (χ3n) is 2.84. The number of thiophene rings is 1. The first-order chi connectivity index (χ1) is 8.18. The molecule has 5 nitrogen and oxygen atoms in total. The summed E-state index contributed by atoms with van der Waals surface area (Å²) in [5.74, 6) is -0.572. The Morgan fingerprint density at radius 2 is 2.35 bits per heavy atom. The van der Waals surface area contributed by atoms with Crippen molar-refractivity contribution in [3.05, 3.63) is 17.0 Å². The van der Waals surface area contributed by atoms with E-state index >= 15 is 0 Å². The highest BCUT2D eigenvalue weighted by molar-refractivity contribution is 7.14. The summed E-state index contributed by atoms with van der Waals surface area (Å²) < 4.78 is 0.